The zero-order chi connectivity index (χ0) is 15.7. The van der Waals surface area contributed by atoms with Crippen LogP contribution in [0.3, 0.4) is 0 Å². The Morgan fingerprint density at radius 3 is 2.59 bits per heavy atom. The summed E-state index contributed by atoms with van der Waals surface area (Å²) in [5, 5.41) is 2.41. The van der Waals surface area contributed by atoms with Crippen molar-refractivity contribution in [3.8, 4) is 5.75 Å². The molecule has 2 aromatic rings. The Hall–Kier alpha value is -1.37. The second-order valence-electron chi connectivity index (χ2n) is 5.11. The molecule has 6 heteroatoms. The predicted molar refractivity (Wildman–Crippen MR) is 88.8 cm³/mol. The molecule has 0 radical (unpaired) electrons. The van der Waals surface area contributed by atoms with E-state index in [9.17, 15) is 8.42 Å². The minimum atomic E-state index is -3.50. The van der Waals surface area contributed by atoms with Gasteiger partial charge in [0.15, 0.2) is 9.84 Å². The van der Waals surface area contributed by atoms with Crippen molar-refractivity contribution >= 4 is 25.8 Å². The van der Waals surface area contributed by atoms with E-state index >= 15 is 0 Å². The summed E-state index contributed by atoms with van der Waals surface area (Å²) in [6, 6.07) is 12.2. The predicted octanol–water partition coefficient (Wildman–Crippen LogP) is 3.08. The topological polar surface area (TPSA) is 55.4 Å². The SMILES string of the molecule is COc1ccc(S(=O)(=O)C2NCCc3c(Br)cccc32)cc1. The zero-order valence-electron chi connectivity index (χ0n) is 12.0. The van der Waals surface area contributed by atoms with E-state index in [2.05, 4.69) is 21.2 Å². The number of hydrogen-bond acceptors (Lipinski definition) is 4. The summed E-state index contributed by atoms with van der Waals surface area (Å²) >= 11 is 3.51. The lowest BCUT2D eigenvalue weighted by Crippen LogP contribution is -2.35. The molecule has 0 spiro atoms. The highest BCUT2D eigenvalue weighted by atomic mass is 79.9. The van der Waals surface area contributed by atoms with Crippen molar-refractivity contribution in [2.45, 2.75) is 16.7 Å². The Bertz CT molecular complexity index is 788. The van der Waals surface area contributed by atoms with Gasteiger partial charge in [-0.3, -0.25) is 5.32 Å². The lowest BCUT2D eigenvalue weighted by atomic mass is 10.0. The highest BCUT2D eigenvalue weighted by Crippen LogP contribution is 2.35. The molecular formula is C16H16BrNO3S. The fraction of sp³-hybridized carbons (Fsp3) is 0.250. The van der Waals surface area contributed by atoms with Gasteiger partial charge < -0.3 is 4.74 Å². The van der Waals surface area contributed by atoms with E-state index in [1.807, 2.05) is 18.2 Å². The van der Waals surface area contributed by atoms with Gasteiger partial charge >= 0.3 is 0 Å². The number of methoxy groups -OCH3 is 1. The molecule has 0 bridgehead atoms. The summed E-state index contributed by atoms with van der Waals surface area (Å²) < 4.78 is 31.9. The molecule has 0 fully saturated rings. The van der Waals surface area contributed by atoms with E-state index in [1.165, 1.54) is 0 Å². The first-order chi connectivity index (χ1) is 10.5. The molecule has 0 aliphatic carbocycles. The molecule has 1 unspecified atom stereocenters. The largest absolute Gasteiger partial charge is 0.497 e. The van der Waals surface area contributed by atoms with Crippen molar-refractivity contribution in [3.63, 3.8) is 0 Å². The first kappa shape index (κ1) is 15.5. The summed E-state index contributed by atoms with van der Waals surface area (Å²) in [6.07, 6.45) is 0.811. The van der Waals surface area contributed by atoms with E-state index in [0.717, 1.165) is 22.0 Å². The first-order valence-electron chi connectivity index (χ1n) is 6.92. The van der Waals surface area contributed by atoms with Crippen LogP contribution in [-0.2, 0) is 16.3 Å². The minimum absolute atomic E-state index is 0.290. The van der Waals surface area contributed by atoms with Crippen LogP contribution in [-0.4, -0.2) is 22.1 Å². The van der Waals surface area contributed by atoms with Gasteiger partial charge in [-0.15, -0.1) is 0 Å². The quantitative estimate of drug-likeness (QED) is 0.887. The van der Waals surface area contributed by atoms with Gasteiger partial charge in [-0.05, 0) is 47.9 Å². The summed E-state index contributed by atoms with van der Waals surface area (Å²) in [4.78, 5) is 0.290. The lowest BCUT2D eigenvalue weighted by molar-refractivity contribution is 0.414. The normalized spacial score (nSPS) is 17.8. The monoisotopic (exact) mass is 381 g/mol. The summed E-state index contributed by atoms with van der Waals surface area (Å²) in [5.74, 6) is 0.638. The third-order valence-electron chi connectivity index (χ3n) is 3.84. The van der Waals surface area contributed by atoms with Crippen molar-refractivity contribution in [1.29, 1.82) is 0 Å². The maximum Gasteiger partial charge on any atom is 0.198 e. The van der Waals surface area contributed by atoms with Crippen molar-refractivity contribution in [3.05, 3.63) is 58.1 Å². The zero-order valence-corrected chi connectivity index (χ0v) is 14.4. The van der Waals surface area contributed by atoms with Crippen LogP contribution >= 0.6 is 15.9 Å². The summed E-state index contributed by atoms with van der Waals surface area (Å²) in [6.45, 7) is 0.635. The number of sulfone groups is 1. The Morgan fingerprint density at radius 1 is 1.18 bits per heavy atom. The van der Waals surface area contributed by atoms with Crippen molar-refractivity contribution in [2.24, 2.45) is 0 Å². The third-order valence-corrected chi connectivity index (χ3v) is 6.55. The maximum absolute atomic E-state index is 12.9. The molecule has 22 heavy (non-hydrogen) atoms. The summed E-state index contributed by atoms with van der Waals surface area (Å²) in [5.41, 5.74) is 1.87. The highest BCUT2D eigenvalue weighted by Gasteiger charge is 2.33. The van der Waals surface area contributed by atoms with Crippen LogP contribution in [0.25, 0.3) is 0 Å². The molecule has 0 saturated heterocycles. The Balaban J connectivity index is 2.05. The van der Waals surface area contributed by atoms with Gasteiger partial charge in [0, 0.05) is 11.0 Å². The fourth-order valence-corrected chi connectivity index (χ4v) is 4.96. The van der Waals surface area contributed by atoms with Crippen LogP contribution in [0.15, 0.2) is 51.8 Å². The molecule has 0 saturated carbocycles. The number of hydrogen-bond donors (Lipinski definition) is 1. The highest BCUT2D eigenvalue weighted by molar-refractivity contribution is 9.10. The molecule has 1 aliphatic heterocycles. The van der Waals surface area contributed by atoms with E-state index in [4.69, 9.17) is 4.74 Å². The number of benzene rings is 2. The molecule has 1 atom stereocenters. The van der Waals surface area contributed by atoms with Crippen LogP contribution in [0.2, 0.25) is 0 Å². The second-order valence-corrected chi connectivity index (χ2v) is 8.00. The van der Waals surface area contributed by atoms with Crippen molar-refractivity contribution in [1.82, 2.24) is 5.32 Å². The second kappa shape index (κ2) is 6.02. The van der Waals surface area contributed by atoms with E-state index in [-0.39, 0.29) is 0 Å². The van der Waals surface area contributed by atoms with Crippen LogP contribution in [0.5, 0.6) is 5.75 Å². The number of halogens is 1. The van der Waals surface area contributed by atoms with Gasteiger partial charge in [0.1, 0.15) is 11.1 Å². The Kier molecular flexibility index (Phi) is 4.25. The van der Waals surface area contributed by atoms with Gasteiger partial charge in [-0.25, -0.2) is 8.42 Å². The number of rotatable bonds is 3. The molecule has 1 N–H and O–H groups in total. The van der Waals surface area contributed by atoms with E-state index in [1.54, 1.807) is 31.4 Å². The van der Waals surface area contributed by atoms with E-state index < -0.39 is 15.2 Å². The number of ether oxygens (including phenoxy) is 1. The molecular weight excluding hydrogens is 366 g/mol. The minimum Gasteiger partial charge on any atom is -0.497 e. The van der Waals surface area contributed by atoms with Gasteiger partial charge in [-0.1, -0.05) is 28.1 Å². The molecule has 1 aliphatic rings. The molecule has 2 aromatic carbocycles. The maximum atomic E-state index is 12.9. The van der Waals surface area contributed by atoms with Gasteiger partial charge in [0.05, 0.1) is 12.0 Å². The molecule has 1 heterocycles. The van der Waals surface area contributed by atoms with Crippen molar-refractivity contribution < 1.29 is 13.2 Å². The van der Waals surface area contributed by atoms with Gasteiger partial charge in [0.25, 0.3) is 0 Å². The third kappa shape index (κ3) is 2.66. The number of nitrogens with one attached hydrogen (secondary N) is 1. The standard InChI is InChI=1S/C16H16BrNO3S/c1-21-11-5-7-12(8-6-11)22(19,20)16-14-3-2-4-15(17)13(14)9-10-18-16/h2-8,16,18H,9-10H2,1H3. The van der Waals surface area contributed by atoms with Crippen LogP contribution in [0.4, 0.5) is 0 Å². The van der Waals surface area contributed by atoms with Crippen LogP contribution in [0, 0.1) is 0 Å². The smallest absolute Gasteiger partial charge is 0.198 e. The van der Waals surface area contributed by atoms with E-state index in [0.29, 0.717) is 17.2 Å². The summed E-state index contributed by atoms with van der Waals surface area (Å²) in [7, 11) is -1.95. The average Bonchev–Trinajstić information content (AvgIpc) is 2.55. The van der Waals surface area contributed by atoms with Crippen LogP contribution < -0.4 is 10.1 Å². The molecule has 4 nitrogen and oxygen atoms in total. The van der Waals surface area contributed by atoms with Gasteiger partial charge in [-0.2, -0.15) is 0 Å². The molecule has 3 rings (SSSR count). The lowest BCUT2D eigenvalue weighted by Gasteiger charge is -2.27. The molecule has 0 aromatic heterocycles. The number of fused-ring (bicyclic) bond motifs is 1. The average molecular weight is 382 g/mol. The Morgan fingerprint density at radius 2 is 1.91 bits per heavy atom. The van der Waals surface area contributed by atoms with Crippen molar-refractivity contribution in [2.75, 3.05) is 13.7 Å². The molecule has 0 amide bonds. The molecule has 116 valence electrons. The first-order valence-corrected chi connectivity index (χ1v) is 9.26. The Labute approximate surface area is 138 Å². The fourth-order valence-electron chi connectivity index (χ4n) is 2.70. The van der Waals surface area contributed by atoms with Crippen LogP contribution in [0.1, 0.15) is 16.5 Å². The van der Waals surface area contributed by atoms with Gasteiger partial charge in [0.2, 0.25) is 0 Å².